The van der Waals surface area contributed by atoms with Gasteiger partial charge in [0.1, 0.15) is 5.75 Å². The molecule has 0 spiro atoms. The van der Waals surface area contributed by atoms with Crippen molar-refractivity contribution in [1.29, 1.82) is 0 Å². The molecule has 0 bridgehead atoms. The fraction of sp³-hybridized carbons (Fsp3) is 0.267. The molecule has 1 heterocycles. The van der Waals surface area contributed by atoms with Gasteiger partial charge in [-0.1, -0.05) is 6.07 Å². The Morgan fingerprint density at radius 2 is 2.35 bits per heavy atom. The highest BCUT2D eigenvalue weighted by atomic mass is 32.1. The van der Waals surface area contributed by atoms with Gasteiger partial charge in [-0.15, -0.1) is 11.3 Å². The maximum absolute atomic E-state index is 11.4. The molecule has 0 saturated heterocycles. The molecule has 0 radical (unpaired) electrons. The Balaban J connectivity index is 1.96. The molecule has 0 unspecified atom stereocenters. The van der Waals surface area contributed by atoms with Gasteiger partial charge in [-0.2, -0.15) is 5.10 Å². The number of aromatic nitrogens is 1. The monoisotopic (exact) mass is 335 g/mol. The molecule has 3 N–H and O–H groups in total. The SMILES string of the molecule is CCOC(=O)Cc1csc(NN=Cc2cc(CO)ccc2O)n1. The van der Waals surface area contributed by atoms with Crippen LogP contribution in [-0.4, -0.2) is 34.0 Å². The number of hydrogen-bond acceptors (Lipinski definition) is 8. The second kappa shape index (κ2) is 8.25. The summed E-state index contributed by atoms with van der Waals surface area (Å²) in [6.07, 6.45) is 1.55. The normalized spacial score (nSPS) is 10.9. The van der Waals surface area contributed by atoms with Gasteiger partial charge in [0.05, 0.1) is 31.5 Å². The molecule has 23 heavy (non-hydrogen) atoms. The average molecular weight is 335 g/mol. The summed E-state index contributed by atoms with van der Waals surface area (Å²) in [7, 11) is 0. The van der Waals surface area contributed by atoms with E-state index in [0.717, 1.165) is 0 Å². The Labute approximate surface area is 137 Å². The number of phenolic OH excluding ortho intramolecular Hbond substituents is 1. The van der Waals surface area contributed by atoms with Crippen LogP contribution in [0.15, 0.2) is 28.7 Å². The fourth-order valence-corrected chi connectivity index (χ4v) is 2.42. The number of benzene rings is 1. The number of phenols is 1. The van der Waals surface area contributed by atoms with Crippen molar-refractivity contribution in [1.82, 2.24) is 4.98 Å². The number of hydrogen-bond donors (Lipinski definition) is 3. The molecule has 0 saturated carbocycles. The summed E-state index contributed by atoms with van der Waals surface area (Å²) < 4.78 is 4.86. The average Bonchev–Trinajstić information content (AvgIpc) is 2.96. The summed E-state index contributed by atoms with van der Waals surface area (Å²) in [6.45, 7) is 1.98. The van der Waals surface area contributed by atoms with E-state index in [1.807, 2.05) is 0 Å². The molecule has 2 rings (SSSR count). The van der Waals surface area contributed by atoms with Gasteiger partial charge < -0.3 is 14.9 Å². The van der Waals surface area contributed by atoms with Crippen LogP contribution >= 0.6 is 11.3 Å². The Hall–Kier alpha value is -2.45. The second-order valence-corrected chi connectivity index (χ2v) is 5.41. The van der Waals surface area contributed by atoms with Crippen molar-refractivity contribution < 1.29 is 19.7 Å². The number of esters is 1. The van der Waals surface area contributed by atoms with Crippen LogP contribution in [0.25, 0.3) is 0 Å². The first-order valence-electron chi connectivity index (χ1n) is 6.94. The summed E-state index contributed by atoms with van der Waals surface area (Å²) in [4.78, 5) is 15.6. The van der Waals surface area contributed by atoms with Gasteiger partial charge in [-0.25, -0.2) is 4.98 Å². The van der Waals surface area contributed by atoms with Crippen molar-refractivity contribution in [2.75, 3.05) is 12.0 Å². The van der Waals surface area contributed by atoms with E-state index in [9.17, 15) is 9.90 Å². The highest BCUT2D eigenvalue weighted by Crippen LogP contribution is 2.18. The van der Waals surface area contributed by atoms with E-state index >= 15 is 0 Å². The van der Waals surface area contributed by atoms with Crippen LogP contribution in [0.3, 0.4) is 0 Å². The Morgan fingerprint density at radius 3 is 3.09 bits per heavy atom. The van der Waals surface area contributed by atoms with Crippen LogP contribution in [0.2, 0.25) is 0 Å². The zero-order chi connectivity index (χ0) is 16.7. The minimum Gasteiger partial charge on any atom is -0.507 e. The number of nitrogens with zero attached hydrogens (tertiary/aromatic N) is 2. The van der Waals surface area contributed by atoms with E-state index in [2.05, 4.69) is 15.5 Å². The Bertz CT molecular complexity index is 700. The van der Waals surface area contributed by atoms with E-state index in [0.29, 0.717) is 28.6 Å². The lowest BCUT2D eigenvalue weighted by atomic mass is 10.1. The van der Waals surface area contributed by atoms with Crippen LogP contribution in [0.1, 0.15) is 23.7 Å². The van der Waals surface area contributed by atoms with Gasteiger partial charge >= 0.3 is 5.97 Å². The lowest BCUT2D eigenvalue weighted by Crippen LogP contribution is -2.07. The smallest absolute Gasteiger partial charge is 0.311 e. The number of carbonyl (C=O) groups excluding carboxylic acids is 1. The first-order chi connectivity index (χ1) is 11.1. The maximum Gasteiger partial charge on any atom is 0.311 e. The summed E-state index contributed by atoms with van der Waals surface area (Å²) >= 11 is 1.31. The van der Waals surface area contributed by atoms with Crippen molar-refractivity contribution in [2.45, 2.75) is 20.0 Å². The molecule has 0 aliphatic rings. The molecule has 8 heteroatoms. The van der Waals surface area contributed by atoms with Crippen molar-refractivity contribution in [2.24, 2.45) is 5.10 Å². The van der Waals surface area contributed by atoms with Crippen LogP contribution in [0, 0.1) is 0 Å². The molecule has 0 fully saturated rings. The number of carbonyl (C=O) groups is 1. The number of hydrazone groups is 1. The molecule has 0 amide bonds. The van der Waals surface area contributed by atoms with Gasteiger partial charge in [0.2, 0.25) is 5.13 Å². The number of thiazole rings is 1. The molecule has 122 valence electrons. The largest absolute Gasteiger partial charge is 0.507 e. The summed E-state index contributed by atoms with van der Waals surface area (Å²) in [6, 6.07) is 4.75. The highest BCUT2D eigenvalue weighted by Gasteiger charge is 2.08. The Morgan fingerprint density at radius 1 is 1.52 bits per heavy atom. The molecular weight excluding hydrogens is 318 g/mol. The number of aliphatic hydroxyl groups excluding tert-OH is 1. The maximum atomic E-state index is 11.4. The lowest BCUT2D eigenvalue weighted by molar-refractivity contribution is -0.142. The van der Waals surface area contributed by atoms with Crippen LogP contribution in [0.5, 0.6) is 5.75 Å². The van der Waals surface area contributed by atoms with Gasteiger partial charge in [0.25, 0.3) is 0 Å². The van der Waals surface area contributed by atoms with Crippen molar-refractivity contribution in [3.63, 3.8) is 0 Å². The van der Waals surface area contributed by atoms with E-state index < -0.39 is 0 Å². The summed E-state index contributed by atoms with van der Waals surface area (Å²) in [5, 5.41) is 25.1. The highest BCUT2D eigenvalue weighted by molar-refractivity contribution is 7.13. The van der Waals surface area contributed by atoms with Gasteiger partial charge in [-0.05, 0) is 24.6 Å². The zero-order valence-corrected chi connectivity index (χ0v) is 13.3. The van der Waals surface area contributed by atoms with Gasteiger partial charge in [-0.3, -0.25) is 10.2 Å². The molecule has 1 aromatic heterocycles. The quantitative estimate of drug-likeness (QED) is 0.405. The molecular formula is C15H17N3O4S. The molecule has 2 aromatic rings. The molecule has 7 nitrogen and oxygen atoms in total. The predicted octanol–water partition coefficient (Wildman–Crippen LogP) is 1.89. The lowest BCUT2D eigenvalue weighted by Gasteiger charge is -2.01. The third-order valence-corrected chi connectivity index (χ3v) is 3.62. The standard InChI is InChI=1S/C15H17N3O4S/c1-2-22-14(21)6-12-9-23-15(17-12)18-16-7-11-5-10(8-19)3-4-13(11)20/h3-5,7,9,19-20H,2,6,8H2,1H3,(H,17,18). The van der Waals surface area contributed by atoms with E-state index in [-0.39, 0.29) is 24.7 Å². The third kappa shape index (κ3) is 5.04. The first kappa shape index (κ1) is 16.9. The molecule has 0 atom stereocenters. The van der Waals surface area contributed by atoms with Crippen molar-refractivity contribution in [3.8, 4) is 5.75 Å². The van der Waals surface area contributed by atoms with Crippen molar-refractivity contribution >= 4 is 28.7 Å². The number of ether oxygens (including phenoxy) is 1. The summed E-state index contributed by atoms with van der Waals surface area (Å²) in [5.74, 6) is -0.256. The minimum absolute atomic E-state index is 0.0647. The topological polar surface area (TPSA) is 104 Å². The molecule has 0 aliphatic heterocycles. The number of anilines is 1. The van der Waals surface area contributed by atoms with Crippen molar-refractivity contribution in [3.05, 3.63) is 40.4 Å². The zero-order valence-electron chi connectivity index (χ0n) is 12.5. The van der Waals surface area contributed by atoms with Crippen LogP contribution < -0.4 is 5.43 Å². The predicted molar refractivity (Wildman–Crippen MR) is 87.7 cm³/mol. The van der Waals surface area contributed by atoms with Crippen LogP contribution in [0.4, 0.5) is 5.13 Å². The number of aromatic hydroxyl groups is 1. The van der Waals surface area contributed by atoms with E-state index in [4.69, 9.17) is 9.84 Å². The number of aliphatic hydroxyl groups is 1. The summed E-state index contributed by atoms with van der Waals surface area (Å²) in [5.41, 5.74) is 4.50. The van der Waals surface area contributed by atoms with Crippen LogP contribution in [-0.2, 0) is 22.6 Å². The first-order valence-corrected chi connectivity index (χ1v) is 7.82. The molecule has 1 aromatic carbocycles. The Kier molecular flexibility index (Phi) is 6.07. The second-order valence-electron chi connectivity index (χ2n) is 4.55. The van der Waals surface area contributed by atoms with E-state index in [1.165, 1.54) is 23.6 Å². The minimum atomic E-state index is -0.321. The van der Waals surface area contributed by atoms with Gasteiger partial charge in [0.15, 0.2) is 0 Å². The third-order valence-electron chi connectivity index (χ3n) is 2.82. The van der Waals surface area contributed by atoms with E-state index in [1.54, 1.807) is 24.4 Å². The number of rotatable bonds is 7. The van der Waals surface area contributed by atoms with Gasteiger partial charge in [0, 0.05) is 10.9 Å². The molecule has 0 aliphatic carbocycles. The fourth-order valence-electron chi connectivity index (χ4n) is 1.76. The number of nitrogens with one attached hydrogen (secondary N) is 1.